The number of hydrogen-bond acceptors (Lipinski definition) is 2. The number of Topliss-reactive ketones (excluding diaryl/α,β-unsaturated/α-hetero) is 1. The second kappa shape index (κ2) is 3.09. The minimum Gasteiger partial charge on any atom is -0.371 e. The standard InChI is InChI=1S/C8H12F2O2/c1-8(2)5(11)3-6(8)12-4-7(9)10/h6-7H,3-4H2,1-2H3. The van der Waals surface area contributed by atoms with Crippen LogP contribution in [0.1, 0.15) is 20.3 Å². The number of alkyl halides is 2. The van der Waals surface area contributed by atoms with Gasteiger partial charge in [-0.05, 0) is 0 Å². The number of halogens is 2. The van der Waals surface area contributed by atoms with E-state index in [1.165, 1.54) is 0 Å². The molecule has 0 N–H and O–H groups in total. The molecule has 0 radical (unpaired) electrons. The van der Waals surface area contributed by atoms with E-state index in [2.05, 4.69) is 0 Å². The maximum atomic E-state index is 11.7. The van der Waals surface area contributed by atoms with E-state index in [0.717, 1.165) is 0 Å². The number of hydrogen-bond donors (Lipinski definition) is 0. The van der Waals surface area contributed by atoms with Gasteiger partial charge in [-0.25, -0.2) is 8.78 Å². The Morgan fingerprint density at radius 2 is 2.25 bits per heavy atom. The van der Waals surface area contributed by atoms with Crippen molar-refractivity contribution in [2.75, 3.05) is 6.61 Å². The SMILES string of the molecule is CC1(C)C(=O)CC1OCC(F)F. The van der Waals surface area contributed by atoms with Crippen LogP contribution < -0.4 is 0 Å². The van der Waals surface area contributed by atoms with Crippen molar-refractivity contribution in [3.63, 3.8) is 0 Å². The molecule has 70 valence electrons. The number of carbonyl (C=O) groups excluding carboxylic acids is 1. The molecular formula is C8H12F2O2. The van der Waals surface area contributed by atoms with E-state index in [1.807, 2.05) is 0 Å². The Kier molecular flexibility index (Phi) is 2.46. The lowest BCUT2D eigenvalue weighted by Crippen LogP contribution is -2.51. The smallest absolute Gasteiger partial charge is 0.261 e. The van der Waals surface area contributed by atoms with E-state index in [-0.39, 0.29) is 18.3 Å². The molecule has 0 aromatic rings. The van der Waals surface area contributed by atoms with Crippen molar-refractivity contribution in [1.82, 2.24) is 0 Å². The maximum Gasteiger partial charge on any atom is 0.261 e. The van der Waals surface area contributed by atoms with Crippen LogP contribution in [0.3, 0.4) is 0 Å². The summed E-state index contributed by atoms with van der Waals surface area (Å²) in [6.45, 7) is 2.87. The van der Waals surface area contributed by atoms with Crippen LogP contribution in [0.25, 0.3) is 0 Å². The largest absolute Gasteiger partial charge is 0.371 e. The predicted molar refractivity (Wildman–Crippen MR) is 39.1 cm³/mol. The van der Waals surface area contributed by atoms with Gasteiger partial charge < -0.3 is 4.74 Å². The normalized spacial score (nSPS) is 27.4. The molecule has 1 unspecified atom stereocenters. The van der Waals surface area contributed by atoms with Gasteiger partial charge in [-0.1, -0.05) is 13.8 Å². The first-order valence-electron chi connectivity index (χ1n) is 3.87. The first-order valence-corrected chi connectivity index (χ1v) is 3.87. The molecule has 0 saturated heterocycles. The predicted octanol–water partition coefficient (Wildman–Crippen LogP) is 1.64. The maximum absolute atomic E-state index is 11.7. The first kappa shape index (κ1) is 9.58. The third-order valence-electron chi connectivity index (χ3n) is 2.32. The van der Waals surface area contributed by atoms with E-state index in [9.17, 15) is 13.6 Å². The molecule has 1 aliphatic carbocycles. The summed E-state index contributed by atoms with van der Waals surface area (Å²) in [6, 6.07) is 0. The molecule has 0 bridgehead atoms. The summed E-state index contributed by atoms with van der Waals surface area (Å²) in [5, 5.41) is 0. The summed E-state index contributed by atoms with van der Waals surface area (Å²) in [5.41, 5.74) is -0.561. The second-order valence-electron chi connectivity index (χ2n) is 3.56. The number of ketones is 1. The molecule has 1 saturated carbocycles. The van der Waals surface area contributed by atoms with Gasteiger partial charge in [-0.3, -0.25) is 4.79 Å². The molecule has 1 rings (SSSR count). The van der Waals surface area contributed by atoms with Gasteiger partial charge in [-0.15, -0.1) is 0 Å². The molecule has 0 amide bonds. The van der Waals surface area contributed by atoms with Gasteiger partial charge in [0.25, 0.3) is 6.43 Å². The summed E-state index contributed by atoms with van der Waals surface area (Å²) < 4.78 is 28.2. The van der Waals surface area contributed by atoms with E-state index in [0.29, 0.717) is 0 Å². The molecule has 12 heavy (non-hydrogen) atoms. The summed E-state index contributed by atoms with van der Waals surface area (Å²) in [6.07, 6.45) is -2.49. The molecule has 1 fully saturated rings. The van der Waals surface area contributed by atoms with Crippen molar-refractivity contribution >= 4 is 5.78 Å². The molecule has 4 heteroatoms. The van der Waals surface area contributed by atoms with Crippen LogP contribution in [0, 0.1) is 5.41 Å². The highest BCUT2D eigenvalue weighted by molar-refractivity contribution is 5.91. The summed E-state index contributed by atoms with van der Waals surface area (Å²) >= 11 is 0. The van der Waals surface area contributed by atoms with Crippen molar-refractivity contribution in [2.24, 2.45) is 5.41 Å². The summed E-state index contributed by atoms with van der Waals surface area (Å²) in [4.78, 5) is 10.9. The number of rotatable bonds is 3. The average Bonchev–Trinajstić information content (AvgIpc) is 1.97. The van der Waals surface area contributed by atoms with E-state index in [4.69, 9.17) is 4.74 Å². The summed E-state index contributed by atoms with van der Waals surface area (Å²) in [5.74, 6) is 0.0850. The molecule has 0 aromatic carbocycles. The monoisotopic (exact) mass is 178 g/mol. The lowest BCUT2D eigenvalue weighted by molar-refractivity contribution is -0.163. The van der Waals surface area contributed by atoms with Crippen LogP contribution in [0.2, 0.25) is 0 Å². The molecule has 0 spiro atoms. The fourth-order valence-electron chi connectivity index (χ4n) is 1.19. The Hall–Kier alpha value is -0.510. The van der Waals surface area contributed by atoms with Crippen LogP contribution in [-0.4, -0.2) is 24.9 Å². The second-order valence-corrected chi connectivity index (χ2v) is 3.56. The highest BCUT2D eigenvalue weighted by atomic mass is 19.3. The fraction of sp³-hybridized carbons (Fsp3) is 0.875. The van der Waals surface area contributed by atoms with Crippen molar-refractivity contribution in [1.29, 1.82) is 0 Å². The van der Waals surface area contributed by atoms with Crippen molar-refractivity contribution in [2.45, 2.75) is 32.8 Å². The highest BCUT2D eigenvalue weighted by Crippen LogP contribution is 2.38. The Morgan fingerprint density at radius 1 is 1.67 bits per heavy atom. The van der Waals surface area contributed by atoms with Crippen LogP contribution >= 0.6 is 0 Å². The van der Waals surface area contributed by atoms with Gasteiger partial charge in [0.05, 0.1) is 11.5 Å². The van der Waals surface area contributed by atoms with Gasteiger partial charge >= 0.3 is 0 Å². The quantitative estimate of drug-likeness (QED) is 0.656. The number of ether oxygens (including phenoxy) is 1. The number of carbonyl (C=O) groups is 1. The minimum atomic E-state index is -2.45. The molecule has 0 aliphatic heterocycles. The molecular weight excluding hydrogens is 166 g/mol. The van der Waals surface area contributed by atoms with Crippen molar-refractivity contribution < 1.29 is 18.3 Å². The van der Waals surface area contributed by atoms with Gasteiger partial charge in [0.2, 0.25) is 0 Å². The van der Waals surface area contributed by atoms with Gasteiger partial charge in [0.15, 0.2) is 0 Å². The van der Waals surface area contributed by atoms with Crippen LogP contribution in [0.15, 0.2) is 0 Å². The summed E-state index contributed by atoms with van der Waals surface area (Å²) in [7, 11) is 0. The zero-order valence-corrected chi connectivity index (χ0v) is 7.14. The zero-order valence-electron chi connectivity index (χ0n) is 7.14. The fourth-order valence-corrected chi connectivity index (χ4v) is 1.19. The molecule has 0 heterocycles. The molecule has 1 aliphatic rings. The van der Waals surface area contributed by atoms with Gasteiger partial charge in [0.1, 0.15) is 12.4 Å². The van der Waals surface area contributed by atoms with Crippen molar-refractivity contribution in [3.8, 4) is 0 Å². The van der Waals surface area contributed by atoms with E-state index < -0.39 is 18.4 Å². The zero-order chi connectivity index (χ0) is 9.35. The Labute approximate surface area is 69.9 Å². The highest BCUT2D eigenvalue weighted by Gasteiger charge is 2.48. The van der Waals surface area contributed by atoms with E-state index in [1.54, 1.807) is 13.8 Å². The van der Waals surface area contributed by atoms with Gasteiger partial charge in [0, 0.05) is 6.42 Å². The van der Waals surface area contributed by atoms with Gasteiger partial charge in [-0.2, -0.15) is 0 Å². The van der Waals surface area contributed by atoms with Crippen molar-refractivity contribution in [3.05, 3.63) is 0 Å². The molecule has 2 nitrogen and oxygen atoms in total. The third-order valence-corrected chi connectivity index (χ3v) is 2.32. The Balaban J connectivity index is 2.33. The van der Waals surface area contributed by atoms with E-state index >= 15 is 0 Å². The third kappa shape index (κ3) is 1.63. The lowest BCUT2D eigenvalue weighted by atomic mass is 9.68. The average molecular weight is 178 g/mol. The lowest BCUT2D eigenvalue weighted by Gasteiger charge is -2.41. The first-order chi connectivity index (χ1) is 5.44. The minimum absolute atomic E-state index is 0.0850. The topological polar surface area (TPSA) is 26.3 Å². The molecule has 1 atom stereocenters. The molecule has 0 aromatic heterocycles. The Morgan fingerprint density at radius 3 is 2.58 bits per heavy atom. The van der Waals surface area contributed by atoms with Crippen LogP contribution in [0.4, 0.5) is 8.78 Å². The Bertz CT molecular complexity index is 189. The van der Waals surface area contributed by atoms with Crippen LogP contribution in [-0.2, 0) is 9.53 Å². The van der Waals surface area contributed by atoms with Crippen LogP contribution in [0.5, 0.6) is 0 Å².